The van der Waals surface area contributed by atoms with E-state index in [4.69, 9.17) is 33.3 Å². The van der Waals surface area contributed by atoms with Crippen molar-refractivity contribution >= 4 is 35.0 Å². The fourth-order valence-corrected chi connectivity index (χ4v) is 5.03. The summed E-state index contributed by atoms with van der Waals surface area (Å²) in [6.45, 7) is 0. The number of anilines is 1. The van der Waals surface area contributed by atoms with E-state index >= 15 is 0 Å². The first-order valence-electron chi connectivity index (χ1n) is 11.4. The molecule has 4 heterocycles. The Morgan fingerprint density at radius 2 is 1.92 bits per heavy atom. The number of rotatable bonds is 5. The van der Waals surface area contributed by atoms with Gasteiger partial charge in [-0.2, -0.15) is 4.68 Å². The number of hydrogen-bond donors (Lipinski definition) is 3. The summed E-state index contributed by atoms with van der Waals surface area (Å²) >= 11 is 12.8. The van der Waals surface area contributed by atoms with Crippen LogP contribution < -0.4 is 10.9 Å². The first-order valence-corrected chi connectivity index (χ1v) is 12.1. The molecule has 2 aromatic carbocycles. The molecule has 0 saturated carbocycles. The summed E-state index contributed by atoms with van der Waals surface area (Å²) in [6, 6.07) is 13.0. The SMILES string of the molecule is O=C(O)Nc1ccc(-c2nc(Cl)c([C@@H]3CCc4nc(-c5cc(Cl)ccc5-n5cnnn5)cc(=O)n43)[nH]2)cc1. The molecule has 12 nitrogen and oxygen atoms in total. The monoisotopic (exact) mass is 549 g/mol. The molecule has 0 bridgehead atoms. The maximum absolute atomic E-state index is 13.4. The Bertz CT molecular complexity index is 1730. The number of aryl methyl sites for hydroxylation is 1. The second-order valence-electron chi connectivity index (χ2n) is 8.53. The second-order valence-corrected chi connectivity index (χ2v) is 9.33. The van der Waals surface area contributed by atoms with Gasteiger partial charge in [0.15, 0.2) is 5.15 Å². The van der Waals surface area contributed by atoms with Gasteiger partial charge >= 0.3 is 6.09 Å². The Labute approximate surface area is 223 Å². The molecule has 0 aliphatic carbocycles. The number of tetrazole rings is 1. The predicted molar refractivity (Wildman–Crippen MR) is 139 cm³/mol. The lowest BCUT2D eigenvalue weighted by Gasteiger charge is -2.15. The number of aromatic nitrogens is 8. The normalized spacial score (nSPS) is 14.4. The minimum Gasteiger partial charge on any atom is -0.465 e. The minimum atomic E-state index is -1.15. The third-order valence-electron chi connectivity index (χ3n) is 6.24. The van der Waals surface area contributed by atoms with Crippen molar-refractivity contribution in [3.05, 3.63) is 86.9 Å². The van der Waals surface area contributed by atoms with Crippen LogP contribution in [0.2, 0.25) is 10.2 Å². The van der Waals surface area contributed by atoms with Crippen LogP contribution in [0.15, 0.2) is 59.7 Å². The van der Waals surface area contributed by atoms with Gasteiger partial charge in [0, 0.05) is 34.3 Å². The van der Waals surface area contributed by atoms with Crippen molar-refractivity contribution in [3.63, 3.8) is 0 Å². The van der Waals surface area contributed by atoms with E-state index in [2.05, 4.69) is 30.8 Å². The van der Waals surface area contributed by atoms with E-state index in [0.717, 1.165) is 0 Å². The molecular weight excluding hydrogens is 533 g/mol. The lowest BCUT2D eigenvalue weighted by molar-refractivity contribution is 0.209. The van der Waals surface area contributed by atoms with Gasteiger partial charge < -0.3 is 10.1 Å². The van der Waals surface area contributed by atoms with Gasteiger partial charge in [-0.1, -0.05) is 23.2 Å². The van der Waals surface area contributed by atoms with Crippen LogP contribution in [-0.2, 0) is 6.42 Å². The summed E-state index contributed by atoms with van der Waals surface area (Å²) in [7, 11) is 0. The molecule has 0 spiro atoms. The highest BCUT2D eigenvalue weighted by atomic mass is 35.5. The summed E-state index contributed by atoms with van der Waals surface area (Å²) in [5.74, 6) is 1.11. The first kappa shape index (κ1) is 23.8. The van der Waals surface area contributed by atoms with Gasteiger partial charge in [0.2, 0.25) is 0 Å². The van der Waals surface area contributed by atoms with Crippen molar-refractivity contribution in [3.8, 4) is 28.3 Å². The smallest absolute Gasteiger partial charge is 0.409 e. The van der Waals surface area contributed by atoms with Gasteiger partial charge in [-0.25, -0.2) is 14.8 Å². The number of benzene rings is 2. The van der Waals surface area contributed by atoms with E-state index in [1.54, 1.807) is 47.0 Å². The molecular formula is C24H17Cl2N9O3. The number of H-pyrrole nitrogens is 1. The highest BCUT2D eigenvalue weighted by Crippen LogP contribution is 2.35. The lowest BCUT2D eigenvalue weighted by Crippen LogP contribution is -2.25. The number of halogens is 2. The van der Waals surface area contributed by atoms with Gasteiger partial charge in [-0.15, -0.1) is 5.10 Å². The van der Waals surface area contributed by atoms with E-state index in [-0.39, 0.29) is 16.8 Å². The number of nitrogens with one attached hydrogen (secondary N) is 2. The minimum absolute atomic E-state index is 0.244. The number of aromatic amines is 1. The van der Waals surface area contributed by atoms with Crippen LogP contribution in [0.3, 0.4) is 0 Å². The number of imidazole rings is 1. The molecule has 0 saturated heterocycles. The van der Waals surface area contributed by atoms with Crippen LogP contribution in [-0.4, -0.2) is 50.9 Å². The van der Waals surface area contributed by atoms with E-state index in [1.165, 1.54) is 17.1 Å². The Balaban J connectivity index is 1.35. The van der Waals surface area contributed by atoms with Crippen molar-refractivity contribution in [2.75, 3.05) is 5.32 Å². The average molecular weight is 550 g/mol. The summed E-state index contributed by atoms with van der Waals surface area (Å²) in [5.41, 5.74) is 3.22. The van der Waals surface area contributed by atoms with Crippen molar-refractivity contribution < 1.29 is 9.90 Å². The molecule has 3 aromatic heterocycles. The summed E-state index contributed by atoms with van der Waals surface area (Å²) in [4.78, 5) is 36.7. The molecule has 0 fully saturated rings. The molecule has 0 radical (unpaired) electrons. The van der Waals surface area contributed by atoms with Crippen molar-refractivity contribution in [1.29, 1.82) is 0 Å². The molecule has 1 atom stereocenters. The van der Waals surface area contributed by atoms with Crippen LogP contribution in [0.4, 0.5) is 10.5 Å². The van der Waals surface area contributed by atoms with Gasteiger partial charge in [0.1, 0.15) is 18.0 Å². The van der Waals surface area contributed by atoms with Crippen molar-refractivity contribution in [1.82, 2.24) is 39.7 Å². The molecule has 14 heteroatoms. The number of carbonyl (C=O) groups is 1. The molecule has 6 rings (SSSR count). The Morgan fingerprint density at radius 3 is 2.66 bits per heavy atom. The number of nitrogens with zero attached hydrogens (tertiary/aromatic N) is 7. The third kappa shape index (κ3) is 4.29. The Kier molecular flexibility index (Phi) is 5.89. The van der Waals surface area contributed by atoms with Gasteiger partial charge in [-0.3, -0.25) is 14.7 Å². The zero-order valence-electron chi connectivity index (χ0n) is 19.3. The van der Waals surface area contributed by atoms with Gasteiger partial charge in [-0.05, 0) is 59.3 Å². The van der Waals surface area contributed by atoms with Crippen LogP contribution in [0.25, 0.3) is 28.3 Å². The molecule has 190 valence electrons. The highest BCUT2D eigenvalue weighted by Gasteiger charge is 2.30. The Hall–Kier alpha value is -4.55. The fourth-order valence-electron chi connectivity index (χ4n) is 4.60. The molecule has 38 heavy (non-hydrogen) atoms. The van der Waals surface area contributed by atoms with Crippen LogP contribution in [0.5, 0.6) is 0 Å². The van der Waals surface area contributed by atoms with Crippen LogP contribution in [0, 0.1) is 0 Å². The zero-order chi connectivity index (χ0) is 26.4. The number of fused-ring (bicyclic) bond motifs is 1. The Morgan fingerprint density at radius 1 is 1.11 bits per heavy atom. The van der Waals surface area contributed by atoms with Crippen molar-refractivity contribution in [2.24, 2.45) is 0 Å². The van der Waals surface area contributed by atoms with Crippen LogP contribution in [0.1, 0.15) is 24.0 Å². The number of hydrogen-bond acceptors (Lipinski definition) is 7. The largest absolute Gasteiger partial charge is 0.465 e. The van der Waals surface area contributed by atoms with Crippen LogP contribution >= 0.6 is 23.2 Å². The molecule has 0 unspecified atom stereocenters. The second kappa shape index (κ2) is 9.39. The van der Waals surface area contributed by atoms with E-state index in [9.17, 15) is 9.59 Å². The maximum atomic E-state index is 13.4. The average Bonchev–Trinajstić information content (AvgIpc) is 3.64. The van der Waals surface area contributed by atoms with Gasteiger partial charge in [0.25, 0.3) is 5.56 Å². The zero-order valence-corrected chi connectivity index (χ0v) is 20.8. The topological polar surface area (TPSA) is 156 Å². The fraction of sp³-hybridized carbons (Fsp3) is 0.125. The molecule has 3 N–H and O–H groups in total. The maximum Gasteiger partial charge on any atom is 0.409 e. The third-order valence-corrected chi connectivity index (χ3v) is 6.76. The molecule has 1 aliphatic rings. The van der Waals surface area contributed by atoms with Crippen molar-refractivity contribution in [2.45, 2.75) is 18.9 Å². The standard InChI is InChI=1S/C24H17Cl2N9O3/c25-13-3-6-17(34-11-27-32-33-34)15(9-13)16-10-20(36)35-18(7-8-19(35)29-16)21-22(26)31-23(30-21)12-1-4-14(5-2-12)28-24(37)38/h1-6,9-11,18,28H,7-8H2,(H,30,31)(H,37,38)/t18-/m0/s1. The number of amides is 1. The van der Waals surface area contributed by atoms with E-state index in [1.807, 2.05) is 0 Å². The molecule has 1 amide bonds. The van der Waals surface area contributed by atoms with E-state index in [0.29, 0.717) is 63.4 Å². The summed E-state index contributed by atoms with van der Waals surface area (Å²) in [5, 5.41) is 23.2. The predicted octanol–water partition coefficient (Wildman–Crippen LogP) is 4.21. The number of carboxylic acid groups (broad SMARTS) is 1. The highest BCUT2D eigenvalue weighted by molar-refractivity contribution is 6.31. The lowest BCUT2D eigenvalue weighted by atomic mass is 10.1. The molecule has 5 aromatic rings. The summed E-state index contributed by atoms with van der Waals surface area (Å²) < 4.78 is 3.10. The van der Waals surface area contributed by atoms with Gasteiger partial charge in [0.05, 0.1) is 23.1 Å². The molecule has 1 aliphatic heterocycles. The summed E-state index contributed by atoms with van der Waals surface area (Å²) in [6.07, 6.45) is 1.46. The first-order chi connectivity index (χ1) is 18.4. The quantitative estimate of drug-likeness (QED) is 0.294. The van der Waals surface area contributed by atoms with E-state index < -0.39 is 6.09 Å².